The first-order valence-electron chi connectivity index (χ1n) is 6.97. The van der Waals surface area contributed by atoms with Crippen LogP contribution in [-0.2, 0) is 20.9 Å². The summed E-state index contributed by atoms with van der Waals surface area (Å²) in [5, 5.41) is 0.885. The molecule has 0 radical (unpaired) electrons. The summed E-state index contributed by atoms with van der Waals surface area (Å²) in [7, 11) is 0. The summed E-state index contributed by atoms with van der Waals surface area (Å²) in [5.41, 5.74) is 0.768. The van der Waals surface area contributed by atoms with Crippen molar-refractivity contribution >= 4 is 46.8 Å². The van der Waals surface area contributed by atoms with Crippen LogP contribution in [0.25, 0.3) is 0 Å². The van der Waals surface area contributed by atoms with Gasteiger partial charge >= 0.3 is 5.97 Å². The highest BCUT2D eigenvalue weighted by Crippen LogP contribution is 2.47. The molecular weight excluding hydrogens is 345 g/mol. The maximum Gasteiger partial charge on any atom is 0.330 e. The Balaban J connectivity index is 1.65. The predicted octanol–water partition coefficient (Wildman–Crippen LogP) is 3.49. The number of hydrogen-bond donors (Lipinski definition) is 0. The van der Waals surface area contributed by atoms with Gasteiger partial charge < -0.3 is 9.64 Å². The Bertz CT molecular complexity index is 639. The van der Waals surface area contributed by atoms with Gasteiger partial charge in [-0.15, -0.1) is 11.8 Å². The number of halogens is 2. The summed E-state index contributed by atoms with van der Waals surface area (Å²) in [6.45, 7) is 2.13. The van der Waals surface area contributed by atoms with Gasteiger partial charge in [0.25, 0.3) is 0 Å². The molecule has 2 saturated heterocycles. The first-order valence-corrected chi connectivity index (χ1v) is 8.71. The van der Waals surface area contributed by atoms with Crippen LogP contribution >= 0.6 is 35.0 Å². The van der Waals surface area contributed by atoms with Crippen molar-refractivity contribution in [2.75, 3.05) is 5.75 Å². The van der Waals surface area contributed by atoms with Crippen molar-refractivity contribution in [2.24, 2.45) is 0 Å². The van der Waals surface area contributed by atoms with E-state index in [1.54, 1.807) is 34.9 Å². The second kappa shape index (κ2) is 5.95. The topological polar surface area (TPSA) is 46.6 Å². The molecule has 0 aliphatic carbocycles. The molecule has 4 nitrogen and oxygen atoms in total. The fourth-order valence-electron chi connectivity index (χ4n) is 2.88. The predicted molar refractivity (Wildman–Crippen MR) is 87.0 cm³/mol. The Labute approximate surface area is 143 Å². The van der Waals surface area contributed by atoms with Gasteiger partial charge in [0.05, 0.1) is 14.9 Å². The van der Waals surface area contributed by atoms with E-state index in [4.69, 9.17) is 27.9 Å². The van der Waals surface area contributed by atoms with Crippen molar-refractivity contribution in [3.05, 3.63) is 33.8 Å². The van der Waals surface area contributed by atoms with E-state index in [-0.39, 0.29) is 23.4 Å². The molecule has 1 aromatic carbocycles. The highest BCUT2D eigenvalue weighted by molar-refractivity contribution is 8.01. The van der Waals surface area contributed by atoms with Crippen molar-refractivity contribution in [1.82, 2.24) is 4.90 Å². The van der Waals surface area contributed by atoms with E-state index in [0.29, 0.717) is 22.2 Å². The van der Waals surface area contributed by atoms with E-state index in [1.807, 2.05) is 6.92 Å². The summed E-state index contributed by atoms with van der Waals surface area (Å²) in [6.07, 6.45) is 1.28. The summed E-state index contributed by atoms with van der Waals surface area (Å²) >= 11 is 13.4. The molecule has 22 heavy (non-hydrogen) atoms. The standard InChI is InChI=1S/C15H15Cl2NO3S/c1-15-5-4-13(19)18(15)12(8-22-15)14(20)21-7-9-2-3-10(16)11(17)6-9/h2-3,6,12H,4-5,7-8H2,1H3/t12-,15-/m0/s1. The lowest BCUT2D eigenvalue weighted by atomic mass is 10.2. The monoisotopic (exact) mass is 359 g/mol. The van der Waals surface area contributed by atoms with Crippen molar-refractivity contribution in [3.8, 4) is 0 Å². The van der Waals surface area contributed by atoms with Gasteiger partial charge in [0.1, 0.15) is 12.6 Å². The maximum atomic E-state index is 12.3. The third kappa shape index (κ3) is 2.82. The number of nitrogens with zero attached hydrogens (tertiary/aromatic N) is 1. The van der Waals surface area contributed by atoms with Gasteiger partial charge in [0, 0.05) is 12.2 Å². The third-order valence-corrected chi connectivity index (χ3v) is 6.33. The second-order valence-corrected chi connectivity index (χ2v) is 7.94. The molecule has 0 unspecified atom stereocenters. The third-order valence-electron chi connectivity index (χ3n) is 4.08. The molecule has 0 saturated carbocycles. The Morgan fingerprint density at radius 2 is 2.23 bits per heavy atom. The summed E-state index contributed by atoms with van der Waals surface area (Å²) in [6, 6.07) is 4.61. The number of carbonyl (C=O) groups is 2. The molecule has 2 aliphatic heterocycles. The number of thioether (sulfide) groups is 1. The molecule has 2 aliphatic rings. The minimum absolute atomic E-state index is 0.0315. The Morgan fingerprint density at radius 1 is 1.45 bits per heavy atom. The fourth-order valence-corrected chi connectivity index (χ4v) is 4.61. The summed E-state index contributed by atoms with van der Waals surface area (Å²) in [4.78, 5) is 25.7. The number of carbonyl (C=O) groups excluding carboxylic acids is 2. The smallest absolute Gasteiger partial charge is 0.330 e. The van der Waals surface area contributed by atoms with Crippen LogP contribution in [0, 0.1) is 0 Å². The van der Waals surface area contributed by atoms with Crippen LogP contribution in [0.5, 0.6) is 0 Å². The van der Waals surface area contributed by atoms with E-state index < -0.39 is 6.04 Å². The van der Waals surface area contributed by atoms with E-state index in [0.717, 1.165) is 12.0 Å². The minimum atomic E-state index is -0.493. The van der Waals surface area contributed by atoms with E-state index in [9.17, 15) is 9.59 Å². The van der Waals surface area contributed by atoms with Crippen LogP contribution in [0.2, 0.25) is 10.0 Å². The molecule has 2 atom stereocenters. The molecule has 118 valence electrons. The Kier molecular flexibility index (Phi) is 4.32. The van der Waals surface area contributed by atoms with Crippen molar-refractivity contribution in [1.29, 1.82) is 0 Å². The van der Waals surface area contributed by atoms with E-state index in [2.05, 4.69) is 0 Å². The molecule has 0 bridgehead atoms. The average molecular weight is 360 g/mol. The zero-order chi connectivity index (χ0) is 15.9. The quantitative estimate of drug-likeness (QED) is 0.775. The number of rotatable bonds is 3. The molecule has 2 fully saturated rings. The average Bonchev–Trinajstić information content (AvgIpc) is 2.97. The normalized spacial score (nSPS) is 27.1. The lowest BCUT2D eigenvalue weighted by Crippen LogP contribution is -2.46. The molecule has 1 amide bonds. The molecule has 0 spiro atoms. The maximum absolute atomic E-state index is 12.3. The van der Waals surface area contributed by atoms with Gasteiger partial charge in [-0.1, -0.05) is 29.3 Å². The van der Waals surface area contributed by atoms with Crippen molar-refractivity contribution in [2.45, 2.75) is 37.3 Å². The van der Waals surface area contributed by atoms with Gasteiger partial charge in [-0.25, -0.2) is 4.79 Å². The van der Waals surface area contributed by atoms with Gasteiger partial charge in [0.15, 0.2) is 0 Å². The summed E-state index contributed by atoms with van der Waals surface area (Å²) < 4.78 is 5.36. The highest BCUT2D eigenvalue weighted by Gasteiger charge is 2.53. The van der Waals surface area contributed by atoms with Gasteiger partial charge in [-0.05, 0) is 31.0 Å². The molecule has 2 heterocycles. The Morgan fingerprint density at radius 3 is 2.95 bits per heavy atom. The molecule has 0 N–H and O–H groups in total. The number of esters is 1. The first kappa shape index (κ1) is 16.0. The first-order chi connectivity index (χ1) is 10.4. The minimum Gasteiger partial charge on any atom is -0.459 e. The summed E-state index contributed by atoms with van der Waals surface area (Å²) in [5.74, 6) is 0.254. The van der Waals surface area contributed by atoms with Crippen LogP contribution in [-0.4, -0.2) is 33.4 Å². The number of ether oxygens (including phenoxy) is 1. The fraction of sp³-hybridized carbons (Fsp3) is 0.467. The SMILES string of the molecule is C[C@]12CCC(=O)N1[C@H](C(=O)OCc1ccc(Cl)c(Cl)c1)CS2. The van der Waals surface area contributed by atoms with Gasteiger partial charge in [-0.3, -0.25) is 4.79 Å². The number of hydrogen-bond acceptors (Lipinski definition) is 4. The van der Waals surface area contributed by atoms with Crippen LogP contribution in [0.3, 0.4) is 0 Å². The largest absolute Gasteiger partial charge is 0.459 e. The zero-order valence-corrected chi connectivity index (χ0v) is 14.3. The second-order valence-electron chi connectivity index (χ2n) is 5.62. The van der Waals surface area contributed by atoms with Crippen LogP contribution in [0.15, 0.2) is 18.2 Å². The lowest BCUT2D eigenvalue weighted by Gasteiger charge is -2.29. The molecule has 7 heteroatoms. The zero-order valence-electron chi connectivity index (χ0n) is 12.0. The van der Waals surface area contributed by atoms with Crippen LogP contribution in [0.4, 0.5) is 0 Å². The molecule has 1 aromatic rings. The Hall–Kier alpha value is -0.910. The number of benzene rings is 1. The number of fused-ring (bicyclic) bond motifs is 1. The van der Waals surface area contributed by atoms with E-state index in [1.165, 1.54) is 0 Å². The van der Waals surface area contributed by atoms with Crippen LogP contribution < -0.4 is 0 Å². The number of amides is 1. The molecule has 0 aromatic heterocycles. The van der Waals surface area contributed by atoms with Crippen molar-refractivity contribution in [3.63, 3.8) is 0 Å². The van der Waals surface area contributed by atoms with Crippen LogP contribution in [0.1, 0.15) is 25.3 Å². The lowest BCUT2D eigenvalue weighted by molar-refractivity contribution is -0.154. The van der Waals surface area contributed by atoms with E-state index >= 15 is 0 Å². The molecular formula is C15H15Cl2NO3S. The highest BCUT2D eigenvalue weighted by atomic mass is 35.5. The molecule has 3 rings (SSSR count). The van der Waals surface area contributed by atoms with Gasteiger partial charge in [0.2, 0.25) is 5.91 Å². The van der Waals surface area contributed by atoms with Crippen molar-refractivity contribution < 1.29 is 14.3 Å². The van der Waals surface area contributed by atoms with Gasteiger partial charge in [-0.2, -0.15) is 0 Å².